The lowest BCUT2D eigenvalue weighted by Crippen LogP contribution is -2.39. The average Bonchev–Trinajstić information content (AvgIpc) is 2.26. The molecule has 1 aromatic rings. The number of ether oxygens (including phenoxy) is 1. The van der Waals surface area contributed by atoms with Crippen molar-refractivity contribution in [3.05, 3.63) is 18.2 Å². The van der Waals surface area contributed by atoms with E-state index in [0.717, 1.165) is 18.8 Å². The van der Waals surface area contributed by atoms with Crippen molar-refractivity contribution >= 4 is 11.4 Å². The fourth-order valence-electron chi connectivity index (χ4n) is 2.15. The van der Waals surface area contributed by atoms with Crippen molar-refractivity contribution in [2.24, 2.45) is 0 Å². The summed E-state index contributed by atoms with van der Waals surface area (Å²) in [5, 5.41) is 3.48. The molecular formula is C12H18N2O. The summed E-state index contributed by atoms with van der Waals surface area (Å²) in [7, 11) is 1.72. The molecule has 1 N–H and O–H groups in total. The summed E-state index contributed by atoms with van der Waals surface area (Å²) < 4.78 is 5.40. The molecule has 15 heavy (non-hydrogen) atoms. The minimum absolute atomic E-state index is 0.490. The molecule has 0 radical (unpaired) electrons. The molecule has 0 saturated heterocycles. The standard InChI is InChI=1S/C12H18N2O/c1-4-14-8-9(2)13-10-6-5-7-11(15-3)12(10)14/h5-7,9,13H,4,8H2,1-3H3. The van der Waals surface area contributed by atoms with Crippen molar-refractivity contribution in [3.8, 4) is 5.75 Å². The molecule has 1 atom stereocenters. The van der Waals surface area contributed by atoms with E-state index in [1.165, 1.54) is 11.4 Å². The highest BCUT2D eigenvalue weighted by molar-refractivity contribution is 5.78. The van der Waals surface area contributed by atoms with Crippen molar-refractivity contribution < 1.29 is 4.74 Å². The maximum atomic E-state index is 5.40. The molecule has 1 aromatic carbocycles. The van der Waals surface area contributed by atoms with Crippen molar-refractivity contribution in [1.82, 2.24) is 0 Å². The summed E-state index contributed by atoms with van der Waals surface area (Å²) in [5.41, 5.74) is 2.37. The predicted molar refractivity (Wildman–Crippen MR) is 64.0 cm³/mol. The number of benzene rings is 1. The van der Waals surface area contributed by atoms with Crippen molar-refractivity contribution in [1.29, 1.82) is 0 Å². The van der Waals surface area contributed by atoms with E-state index in [2.05, 4.69) is 30.1 Å². The van der Waals surface area contributed by atoms with Gasteiger partial charge in [-0.2, -0.15) is 0 Å². The van der Waals surface area contributed by atoms with Crippen LogP contribution in [0, 0.1) is 0 Å². The number of para-hydroxylation sites is 1. The molecule has 3 heteroatoms. The summed E-state index contributed by atoms with van der Waals surface area (Å²) in [6.07, 6.45) is 0. The number of fused-ring (bicyclic) bond motifs is 1. The van der Waals surface area contributed by atoms with Crippen LogP contribution in [0.15, 0.2) is 18.2 Å². The first-order chi connectivity index (χ1) is 7.26. The number of hydrogen-bond acceptors (Lipinski definition) is 3. The molecule has 0 fully saturated rings. The average molecular weight is 206 g/mol. The van der Waals surface area contributed by atoms with Crippen LogP contribution in [0.5, 0.6) is 5.75 Å². The van der Waals surface area contributed by atoms with Crippen LogP contribution in [0.25, 0.3) is 0 Å². The summed E-state index contributed by atoms with van der Waals surface area (Å²) >= 11 is 0. The van der Waals surface area contributed by atoms with Crippen LogP contribution in [0.1, 0.15) is 13.8 Å². The minimum atomic E-state index is 0.490. The van der Waals surface area contributed by atoms with Gasteiger partial charge in [0.1, 0.15) is 11.4 Å². The van der Waals surface area contributed by atoms with Gasteiger partial charge in [0.05, 0.1) is 12.8 Å². The zero-order valence-corrected chi connectivity index (χ0v) is 9.58. The molecule has 82 valence electrons. The number of methoxy groups -OCH3 is 1. The molecule has 2 rings (SSSR count). The van der Waals surface area contributed by atoms with Crippen LogP contribution in [-0.4, -0.2) is 26.2 Å². The fourth-order valence-corrected chi connectivity index (χ4v) is 2.15. The Labute approximate surface area is 91.0 Å². The molecular weight excluding hydrogens is 188 g/mol. The summed E-state index contributed by atoms with van der Waals surface area (Å²) in [4.78, 5) is 2.36. The van der Waals surface area contributed by atoms with Gasteiger partial charge in [-0.25, -0.2) is 0 Å². The van der Waals surface area contributed by atoms with Crippen LogP contribution in [-0.2, 0) is 0 Å². The van der Waals surface area contributed by atoms with Gasteiger partial charge in [-0.05, 0) is 26.0 Å². The molecule has 1 unspecified atom stereocenters. The van der Waals surface area contributed by atoms with E-state index in [4.69, 9.17) is 4.74 Å². The van der Waals surface area contributed by atoms with E-state index in [1.54, 1.807) is 7.11 Å². The molecule has 0 aliphatic carbocycles. The molecule has 0 saturated carbocycles. The molecule has 3 nitrogen and oxygen atoms in total. The highest BCUT2D eigenvalue weighted by atomic mass is 16.5. The number of rotatable bonds is 2. The number of nitrogens with zero attached hydrogens (tertiary/aromatic N) is 1. The third kappa shape index (κ3) is 1.74. The Bertz CT molecular complexity index is 351. The molecule has 0 aromatic heterocycles. The largest absolute Gasteiger partial charge is 0.495 e. The molecule has 0 spiro atoms. The topological polar surface area (TPSA) is 24.5 Å². The van der Waals surface area contributed by atoms with Gasteiger partial charge in [-0.1, -0.05) is 6.07 Å². The molecule has 0 bridgehead atoms. The zero-order valence-electron chi connectivity index (χ0n) is 9.58. The molecule has 1 aliphatic heterocycles. The number of anilines is 2. The second-order valence-corrected chi connectivity index (χ2v) is 3.94. The maximum Gasteiger partial charge on any atom is 0.144 e. The Kier molecular flexibility index (Phi) is 2.71. The smallest absolute Gasteiger partial charge is 0.144 e. The first kappa shape index (κ1) is 10.1. The van der Waals surface area contributed by atoms with Gasteiger partial charge in [0, 0.05) is 19.1 Å². The quantitative estimate of drug-likeness (QED) is 0.803. The predicted octanol–water partition coefficient (Wildman–Crippen LogP) is 2.34. The SMILES string of the molecule is CCN1CC(C)Nc2cccc(OC)c21. The second-order valence-electron chi connectivity index (χ2n) is 3.94. The van der Waals surface area contributed by atoms with E-state index in [0.29, 0.717) is 6.04 Å². The van der Waals surface area contributed by atoms with E-state index in [1.807, 2.05) is 12.1 Å². The monoisotopic (exact) mass is 206 g/mol. The van der Waals surface area contributed by atoms with Gasteiger partial charge in [-0.3, -0.25) is 0 Å². The third-order valence-electron chi connectivity index (χ3n) is 2.81. The van der Waals surface area contributed by atoms with Crippen LogP contribution in [0.3, 0.4) is 0 Å². The van der Waals surface area contributed by atoms with E-state index in [-0.39, 0.29) is 0 Å². The van der Waals surface area contributed by atoms with Gasteiger partial charge in [0.15, 0.2) is 0 Å². The van der Waals surface area contributed by atoms with Crippen LogP contribution in [0.4, 0.5) is 11.4 Å². The lowest BCUT2D eigenvalue weighted by Gasteiger charge is -2.36. The molecule has 1 aliphatic rings. The van der Waals surface area contributed by atoms with Crippen molar-refractivity contribution in [2.75, 3.05) is 30.4 Å². The zero-order chi connectivity index (χ0) is 10.8. The van der Waals surface area contributed by atoms with Crippen molar-refractivity contribution in [3.63, 3.8) is 0 Å². The highest BCUT2D eigenvalue weighted by Crippen LogP contribution is 2.38. The Morgan fingerprint density at radius 3 is 3.00 bits per heavy atom. The van der Waals surface area contributed by atoms with Gasteiger partial charge in [-0.15, -0.1) is 0 Å². The van der Waals surface area contributed by atoms with Gasteiger partial charge in [0.2, 0.25) is 0 Å². The Hall–Kier alpha value is -1.38. The third-order valence-corrected chi connectivity index (χ3v) is 2.81. The molecule has 1 heterocycles. The highest BCUT2D eigenvalue weighted by Gasteiger charge is 2.22. The Morgan fingerprint density at radius 1 is 1.53 bits per heavy atom. The normalized spacial score (nSPS) is 19.4. The summed E-state index contributed by atoms with van der Waals surface area (Å²) in [5.74, 6) is 0.953. The minimum Gasteiger partial charge on any atom is -0.495 e. The first-order valence-electron chi connectivity index (χ1n) is 5.44. The Morgan fingerprint density at radius 2 is 2.33 bits per heavy atom. The number of nitrogens with one attached hydrogen (secondary N) is 1. The van der Waals surface area contributed by atoms with Gasteiger partial charge < -0.3 is 15.0 Å². The fraction of sp³-hybridized carbons (Fsp3) is 0.500. The van der Waals surface area contributed by atoms with Crippen LogP contribution >= 0.6 is 0 Å². The molecule has 0 amide bonds. The van der Waals surface area contributed by atoms with Gasteiger partial charge >= 0.3 is 0 Å². The number of likely N-dealkylation sites (N-methyl/N-ethyl adjacent to an activating group) is 1. The van der Waals surface area contributed by atoms with Crippen molar-refractivity contribution in [2.45, 2.75) is 19.9 Å². The van der Waals surface area contributed by atoms with Crippen LogP contribution in [0.2, 0.25) is 0 Å². The van der Waals surface area contributed by atoms with E-state index in [9.17, 15) is 0 Å². The second kappa shape index (κ2) is 4.01. The maximum absolute atomic E-state index is 5.40. The number of hydrogen-bond donors (Lipinski definition) is 1. The van der Waals surface area contributed by atoms with Gasteiger partial charge in [0.25, 0.3) is 0 Å². The van der Waals surface area contributed by atoms with E-state index >= 15 is 0 Å². The Balaban J connectivity index is 2.46. The summed E-state index contributed by atoms with van der Waals surface area (Å²) in [6.45, 7) is 6.42. The van der Waals surface area contributed by atoms with Crippen LogP contribution < -0.4 is 15.0 Å². The van der Waals surface area contributed by atoms with E-state index < -0.39 is 0 Å². The lowest BCUT2D eigenvalue weighted by atomic mass is 10.1. The summed E-state index contributed by atoms with van der Waals surface area (Å²) in [6, 6.07) is 6.64. The first-order valence-corrected chi connectivity index (χ1v) is 5.44. The lowest BCUT2D eigenvalue weighted by molar-refractivity contribution is 0.413.